The molecule has 0 atom stereocenters. The number of anilines is 1. The van der Waals surface area contributed by atoms with E-state index >= 15 is 0 Å². The summed E-state index contributed by atoms with van der Waals surface area (Å²) in [6.45, 7) is 7.93. The third-order valence-electron chi connectivity index (χ3n) is 5.96. The highest BCUT2D eigenvalue weighted by molar-refractivity contribution is 5.96. The summed E-state index contributed by atoms with van der Waals surface area (Å²) in [6, 6.07) is 16.0. The van der Waals surface area contributed by atoms with Gasteiger partial charge in [-0.25, -0.2) is 4.68 Å². The van der Waals surface area contributed by atoms with Crippen molar-refractivity contribution in [2.45, 2.75) is 13.8 Å². The smallest absolute Gasteiger partial charge is 0.257 e. The first-order valence-electron chi connectivity index (χ1n) is 10.7. The van der Waals surface area contributed by atoms with Crippen LogP contribution in [0.2, 0.25) is 0 Å². The molecular formula is C24H26N4O3. The van der Waals surface area contributed by atoms with Gasteiger partial charge in [-0.05, 0) is 38.1 Å². The minimum absolute atomic E-state index is 0.0546. The maximum Gasteiger partial charge on any atom is 0.257 e. The Kier molecular flexibility index (Phi) is 5.02. The van der Waals surface area contributed by atoms with E-state index in [4.69, 9.17) is 9.47 Å². The zero-order valence-electron chi connectivity index (χ0n) is 17.9. The van der Waals surface area contributed by atoms with Gasteiger partial charge < -0.3 is 19.3 Å². The fourth-order valence-corrected chi connectivity index (χ4v) is 4.33. The van der Waals surface area contributed by atoms with Crippen molar-refractivity contribution in [3.63, 3.8) is 0 Å². The number of aromatic nitrogens is 2. The summed E-state index contributed by atoms with van der Waals surface area (Å²) in [4.78, 5) is 17.6. The summed E-state index contributed by atoms with van der Waals surface area (Å²) in [5.74, 6) is 1.64. The molecule has 7 heteroatoms. The maximum atomic E-state index is 13.3. The lowest BCUT2D eigenvalue weighted by molar-refractivity contribution is 0.0745. The molecule has 31 heavy (non-hydrogen) atoms. The Morgan fingerprint density at radius 1 is 0.871 bits per heavy atom. The van der Waals surface area contributed by atoms with E-state index in [1.807, 2.05) is 65.9 Å². The number of piperazine rings is 1. The molecular weight excluding hydrogens is 392 g/mol. The molecule has 0 aliphatic carbocycles. The first-order chi connectivity index (χ1) is 15.1. The Bertz CT molecular complexity index is 1100. The molecule has 1 fully saturated rings. The molecule has 2 aliphatic heterocycles. The molecule has 2 aliphatic rings. The number of ether oxygens (including phenoxy) is 2. The van der Waals surface area contributed by atoms with Gasteiger partial charge in [-0.1, -0.05) is 18.2 Å². The molecule has 160 valence electrons. The number of carbonyl (C=O) groups excluding carboxylic acids is 1. The van der Waals surface area contributed by atoms with Crippen molar-refractivity contribution in [3.05, 3.63) is 65.5 Å². The highest BCUT2D eigenvalue weighted by Crippen LogP contribution is 2.34. The predicted octanol–water partition coefficient (Wildman–Crippen LogP) is 3.22. The van der Waals surface area contributed by atoms with E-state index in [1.165, 1.54) is 0 Å². The Hall–Kier alpha value is -3.48. The molecule has 5 rings (SSSR count). The van der Waals surface area contributed by atoms with Gasteiger partial charge in [0.15, 0.2) is 11.5 Å². The molecule has 0 unspecified atom stereocenters. The second kappa shape index (κ2) is 7.98. The van der Waals surface area contributed by atoms with Gasteiger partial charge >= 0.3 is 0 Å². The number of para-hydroxylation sites is 1. The molecule has 1 saturated heterocycles. The molecule has 0 radical (unpaired) electrons. The highest BCUT2D eigenvalue weighted by Gasteiger charge is 2.27. The second-order valence-electron chi connectivity index (χ2n) is 7.90. The van der Waals surface area contributed by atoms with Crippen LogP contribution in [0, 0.1) is 13.8 Å². The van der Waals surface area contributed by atoms with Crippen LogP contribution in [0.15, 0.2) is 48.5 Å². The number of rotatable bonds is 3. The summed E-state index contributed by atoms with van der Waals surface area (Å²) in [5, 5.41) is 4.63. The summed E-state index contributed by atoms with van der Waals surface area (Å²) in [5.41, 5.74) is 4.41. The van der Waals surface area contributed by atoms with Crippen molar-refractivity contribution >= 4 is 11.6 Å². The molecule has 3 aromatic rings. The van der Waals surface area contributed by atoms with Crippen molar-refractivity contribution in [2.24, 2.45) is 0 Å². The van der Waals surface area contributed by atoms with E-state index in [-0.39, 0.29) is 5.91 Å². The number of hydrogen-bond donors (Lipinski definition) is 0. The standard InChI is InChI=1S/C24H26N4O3/c1-17-23(18(2)28(25-17)19-6-4-3-5-7-19)24(29)27-12-10-26(11-13-27)20-8-9-21-22(16-20)31-15-14-30-21/h3-9,16H,10-15H2,1-2H3. The number of carbonyl (C=O) groups is 1. The maximum absolute atomic E-state index is 13.3. The number of benzene rings is 2. The lowest BCUT2D eigenvalue weighted by Crippen LogP contribution is -2.49. The lowest BCUT2D eigenvalue weighted by Gasteiger charge is -2.36. The largest absolute Gasteiger partial charge is 0.486 e. The van der Waals surface area contributed by atoms with Gasteiger partial charge in [-0.15, -0.1) is 0 Å². The molecule has 0 spiro atoms. The van der Waals surface area contributed by atoms with E-state index in [1.54, 1.807) is 0 Å². The monoisotopic (exact) mass is 418 g/mol. The van der Waals surface area contributed by atoms with Gasteiger partial charge in [-0.3, -0.25) is 4.79 Å². The van der Waals surface area contributed by atoms with E-state index in [0.29, 0.717) is 31.9 Å². The van der Waals surface area contributed by atoms with E-state index in [2.05, 4.69) is 16.1 Å². The zero-order valence-corrected chi connectivity index (χ0v) is 17.9. The normalized spacial score (nSPS) is 15.8. The first-order valence-corrected chi connectivity index (χ1v) is 10.7. The Labute approximate surface area is 181 Å². The van der Waals surface area contributed by atoms with Gasteiger partial charge in [0.2, 0.25) is 0 Å². The van der Waals surface area contributed by atoms with E-state index < -0.39 is 0 Å². The molecule has 7 nitrogen and oxygen atoms in total. The van der Waals surface area contributed by atoms with Crippen LogP contribution < -0.4 is 14.4 Å². The SMILES string of the molecule is Cc1nn(-c2ccccc2)c(C)c1C(=O)N1CCN(c2ccc3c(c2)OCCO3)CC1. The summed E-state index contributed by atoms with van der Waals surface area (Å²) in [6.07, 6.45) is 0. The van der Waals surface area contributed by atoms with Gasteiger partial charge in [0.1, 0.15) is 13.2 Å². The van der Waals surface area contributed by atoms with Crippen LogP contribution in [0.5, 0.6) is 11.5 Å². The Balaban J connectivity index is 1.30. The van der Waals surface area contributed by atoms with Crippen molar-refractivity contribution < 1.29 is 14.3 Å². The zero-order chi connectivity index (χ0) is 21.4. The van der Waals surface area contributed by atoms with Crippen LogP contribution in [-0.2, 0) is 0 Å². The minimum Gasteiger partial charge on any atom is -0.486 e. The number of aryl methyl sites for hydroxylation is 1. The molecule has 3 heterocycles. The van der Waals surface area contributed by atoms with Crippen LogP contribution in [-0.4, -0.2) is 60.0 Å². The van der Waals surface area contributed by atoms with Gasteiger partial charge in [0.05, 0.1) is 22.6 Å². The van der Waals surface area contributed by atoms with Crippen LogP contribution in [0.25, 0.3) is 5.69 Å². The van der Waals surface area contributed by atoms with E-state index in [0.717, 1.165) is 47.4 Å². The quantitative estimate of drug-likeness (QED) is 0.654. The Morgan fingerprint density at radius 3 is 2.32 bits per heavy atom. The number of nitrogens with zero attached hydrogens (tertiary/aromatic N) is 4. The average molecular weight is 418 g/mol. The number of hydrogen-bond acceptors (Lipinski definition) is 5. The van der Waals surface area contributed by atoms with Crippen LogP contribution in [0.4, 0.5) is 5.69 Å². The van der Waals surface area contributed by atoms with Crippen LogP contribution in [0.1, 0.15) is 21.7 Å². The molecule has 0 bridgehead atoms. The van der Waals surface area contributed by atoms with Crippen molar-refractivity contribution in [1.29, 1.82) is 0 Å². The number of amides is 1. The predicted molar refractivity (Wildman–Crippen MR) is 119 cm³/mol. The fraction of sp³-hybridized carbons (Fsp3) is 0.333. The van der Waals surface area contributed by atoms with Crippen molar-refractivity contribution in [3.8, 4) is 17.2 Å². The molecule has 2 aromatic carbocycles. The lowest BCUT2D eigenvalue weighted by atomic mass is 10.1. The fourth-order valence-electron chi connectivity index (χ4n) is 4.33. The van der Waals surface area contributed by atoms with Crippen molar-refractivity contribution in [1.82, 2.24) is 14.7 Å². The average Bonchev–Trinajstić information content (AvgIpc) is 3.12. The topological polar surface area (TPSA) is 59.8 Å². The van der Waals surface area contributed by atoms with Crippen molar-refractivity contribution in [2.75, 3.05) is 44.3 Å². The molecule has 1 aromatic heterocycles. The van der Waals surface area contributed by atoms with Crippen LogP contribution >= 0.6 is 0 Å². The van der Waals surface area contributed by atoms with Gasteiger partial charge in [0.25, 0.3) is 5.91 Å². The third kappa shape index (κ3) is 3.60. The first kappa shape index (κ1) is 19.5. The molecule has 0 saturated carbocycles. The summed E-state index contributed by atoms with van der Waals surface area (Å²) < 4.78 is 13.2. The van der Waals surface area contributed by atoms with Gasteiger partial charge in [-0.2, -0.15) is 5.10 Å². The number of fused-ring (bicyclic) bond motifs is 1. The van der Waals surface area contributed by atoms with Crippen LogP contribution in [0.3, 0.4) is 0 Å². The minimum atomic E-state index is 0.0546. The third-order valence-corrected chi connectivity index (χ3v) is 5.96. The molecule has 1 amide bonds. The molecule has 0 N–H and O–H groups in total. The van der Waals surface area contributed by atoms with Gasteiger partial charge in [0, 0.05) is 37.9 Å². The summed E-state index contributed by atoms with van der Waals surface area (Å²) in [7, 11) is 0. The Morgan fingerprint density at radius 2 is 1.58 bits per heavy atom. The second-order valence-corrected chi connectivity index (χ2v) is 7.90. The summed E-state index contributed by atoms with van der Waals surface area (Å²) >= 11 is 0. The van der Waals surface area contributed by atoms with E-state index in [9.17, 15) is 4.79 Å². The highest BCUT2D eigenvalue weighted by atomic mass is 16.6.